The summed E-state index contributed by atoms with van der Waals surface area (Å²) in [4.78, 5) is 4.48. The van der Waals surface area contributed by atoms with E-state index in [1.54, 1.807) is 18.3 Å². The highest BCUT2D eigenvalue weighted by Crippen LogP contribution is 2.42. The molecule has 2 aliphatic rings. The van der Waals surface area contributed by atoms with Crippen LogP contribution >= 0.6 is 11.6 Å². The third-order valence-electron chi connectivity index (χ3n) is 6.27. The van der Waals surface area contributed by atoms with E-state index in [1.807, 2.05) is 38.1 Å². The van der Waals surface area contributed by atoms with Crippen LogP contribution in [0.15, 0.2) is 53.7 Å². The second-order valence-electron chi connectivity index (χ2n) is 8.88. The number of phenolic OH excluding ortho intramolecular Hbond substituents is 1. The average Bonchev–Trinajstić information content (AvgIpc) is 3.04. The van der Waals surface area contributed by atoms with Crippen LogP contribution in [-0.2, 0) is 14.5 Å². The van der Waals surface area contributed by atoms with Crippen LogP contribution in [0.3, 0.4) is 0 Å². The van der Waals surface area contributed by atoms with E-state index in [2.05, 4.69) is 4.98 Å². The Kier molecular flexibility index (Phi) is 7.00. The van der Waals surface area contributed by atoms with Crippen molar-refractivity contribution in [3.8, 4) is 5.75 Å². The zero-order valence-electron chi connectivity index (χ0n) is 18.6. The standard InChI is InChI=1S/C24H27BClNO5S/c1-15(2)19-14-33(30,31)23-13-25(29)32-22(24(19)23)9-7-17(21-5-3-4-10-27-21)11-16-6-8-18(28)12-20(16)26/h3-6,8,10-12,15,22-23,28-29H,7,9,13-14H2,1-2H3/b17-11-/t22-,23+/m1/s1. The lowest BCUT2D eigenvalue weighted by Crippen LogP contribution is -2.42. The van der Waals surface area contributed by atoms with E-state index in [9.17, 15) is 18.5 Å². The zero-order valence-corrected chi connectivity index (χ0v) is 20.2. The number of aromatic hydroxyl groups is 1. The fourth-order valence-electron chi connectivity index (χ4n) is 4.65. The van der Waals surface area contributed by atoms with E-state index >= 15 is 0 Å². The van der Waals surface area contributed by atoms with Crippen molar-refractivity contribution in [3.05, 3.63) is 70.0 Å². The minimum absolute atomic E-state index is 0.0311. The molecular formula is C24H27BClNO5S. The molecule has 0 spiro atoms. The Morgan fingerprint density at radius 1 is 1.33 bits per heavy atom. The minimum atomic E-state index is -3.34. The Hall–Kier alpha value is -2.13. The molecule has 1 aromatic carbocycles. The molecule has 0 aliphatic carbocycles. The fourth-order valence-corrected chi connectivity index (χ4v) is 7.16. The van der Waals surface area contributed by atoms with Crippen LogP contribution in [0.1, 0.15) is 37.9 Å². The highest BCUT2D eigenvalue weighted by atomic mass is 35.5. The summed E-state index contributed by atoms with van der Waals surface area (Å²) in [5, 5.41) is 19.7. The molecule has 0 unspecified atom stereocenters. The molecule has 1 saturated heterocycles. The van der Waals surface area contributed by atoms with E-state index in [1.165, 1.54) is 6.07 Å². The summed E-state index contributed by atoms with van der Waals surface area (Å²) in [7, 11) is -4.45. The summed E-state index contributed by atoms with van der Waals surface area (Å²) in [6, 6.07) is 10.4. The number of hydrogen-bond donors (Lipinski definition) is 2. The second-order valence-corrected chi connectivity index (χ2v) is 11.5. The van der Waals surface area contributed by atoms with Crippen molar-refractivity contribution < 1.29 is 23.2 Å². The van der Waals surface area contributed by atoms with Crippen LogP contribution in [0, 0.1) is 5.92 Å². The lowest BCUT2D eigenvalue weighted by molar-refractivity contribution is 0.170. The molecule has 2 aromatic rings. The zero-order chi connectivity index (χ0) is 23.8. The van der Waals surface area contributed by atoms with Gasteiger partial charge in [-0.05, 0) is 77.5 Å². The number of pyridine rings is 1. The van der Waals surface area contributed by atoms with Crippen LogP contribution in [0.2, 0.25) is 11.3 Å². The Morgan fingerprint density at radius 3 is 2.79 bits per heavy atom. The van der Waals surface area contributed by atoms with Crippen LogP contribution < -0.4 is 0 Å². The molecule has 1 aromatic heterocycles. The normalized spacial score (nSPS) is 22.7. The van der Waals surface area contributed by atoms with Crippen molar-refractivity contribution in [2.75, 3.05) is 5.75 Å². The molecule has 4 rings (SSSR count). The fraction of sp³-hybridized carbons (Fsp3) is 0.375. The maximum absolute atomic E-state index is 12.8. The van der Waals surface area contributed by atoms with Crippen molar-refractivity contribution in [2.45, 2.75) is 44.4 Å². The summed E-state index contributed by atoms with van der Waals surface area (Å²) < 4.78 is 31.5. The number of allylic oxidation sites excluding steroid dienone is 1. The maximum Gasteiger partial charge on any atom is 0.456 e. The van der Waals surface area contributed by atoms with Gasteiger partial charge in [-0.2, -0.15) is 0 Å². The Morgan fingerprint density at radius 2 is 2.12 bits per heavy atom. The Labute approximate surface area is 200 Å². The van der Waals surface area contributed by atoms with Gasteiger partial charge in [0, 0.05) is 12.5 Å². The number of phenols is 1. The lowest BCUT2D eigenvalue weighted by Gasteiger charge is -2.32. The number of nitrogens with zero attached hydrogens (tertiary/aromatic N) is 1. The van der Waals surface area contributed by atoms with Crippen molar-refractivity contribution >= 4 is 40.2 Å². The van der Waals surface area contributed by atoms with Crippen LogP contribution in [-0.4, -0.2) is 47.8 Å². The molecule has 6 nitrogen and oxygen atoms in total. The Balaban J connectivity index is 1.67. The number of sulfone groups is 1. The largest absolute Gasteiger partial charge is 0.508 e. The van der Waals surface area contributed by atoms with Gasteiger partial charge in [0.1, 0.15) is 5.75 Å². The first-order valence-corrected chi connectivity index (χ1v) is 13.1. The summed E-state index contributed by atoms with van der Waals surface area (Å²) in [5.41, 5.74) is 4.13. The highest BCUT2D eigenvalue weighted by Gasteiger charge is 2.48. The van der Waals surface area contributed by atoms with Crippen molar-refractivity contribution in [2.24, 2.45) is 5.92 Å². The van der Waals surface area contributed by atoms with Crippen molar-refractivity contribution in [1.82, 2.24) is 4.98 Å². The molecule has 2 atom stereocenters. The monoisotopic (exact) mass is 487 g/mol. The number of aromatic nitrogens is 1. The SMILES string of the molecule is CC(C)C1=C2[C@@H](CC/C(=C/c3ccc(O)cc3Cl)c3ccccn3)OB(O)C[C@@H]2S(=O)(=O)C1. The number of hydrogen-bond acceptors (Lipinski definition) is 6. The van der Waals surface area contributed by atoms with E-state index in [-0.39, 0.29) is 23.7 Å². The third kappa shape index (κ3) is 5.19. The molecular weight excluding hydrogens is 461 g/mol. The molecule has 2 aliphatic heterocycles. The molecule has 33 heavy (non-hydrogen) atoms. The van der Waals surface area contributed by atoms with Gasteiger partial charge in [0.15, 0.2) is 9.84 Å². The smallest absolute Gasteiger partial charge is 0.456 e. The van der Waals surface area contributed by atoms with Gasteiger partial charge < -0.3 is 14.8 Å². The summed E-state index contributed by atoms with van der Waals surface area (Å²) in [6.45, 7) is 3.99. The second kappa shape index (κ2) is 9.62. The molecule has 174 valence electrons. The molecule has 9 heteroatoms. The highest BCUT2D eigenvalue weighted by molar-refractivity contribution is 7.92. The quantitative estimate of drug-likeness (QED) is 0.463. The number of halogens is 1. The van der Waals surface area contributed by atoms with E-state index in [0.29, 0.717) is 17.9 Å². The lowest BCUT2D eigenvalue weighted by atomic mass is 9.74. The maximum atomic E-state index is 12.8. The average molecular weight is 488 g/mol. The first kappa shape index (κ1) is 24.0. The predicted octanol–water partition coefficient (Wildman–Crippen LogP) is 4.39. The topological polar surface area (TPSA) is 96.7 Å². The minimum Gasteiger partial charge on any atom is -0.508 e. The predicted molar refractivity (Wildman–Crippen MR) is 132 cm³/mol. The van der Waals surface area contributed by atoms with Gasteiger partial charge in [0.2, 0.25) is 0 Å². The molecule has 1 fully saturated rings. The Bertz CT molecular complexity index is 1200. The van der Waals surface area contributed by atoms with E-state index in [0.717, 1.165) is 28.0 Å². The summed E-state index contributed by atoms with van der Waals surface area (Å²) in [6.07, 6.45) is 4.25. The summed E-state index contributed by atoms with van der Waals surface area (Å²) >= 11 is 6.33. The molecule has 0 amide bonds. The van der Waals surface area contributed by atoms with Crippen LogP contribution in [0.4, 0.5) is 0 Å². The number of rotatable bonds is 6. The molecule has 2 N–H and O–H groups in total. The number of benzene rings is 1. The van der Waals surface area contributed by atoms with Gasteiger partial charge in [0.05, 0.1) is 27.8 Å². The molecule has 3 heterocycles. The first-order chi connectivity index (χ1) is 15.7. The third-order valence-corrected chi connectivity index (χ3v) is 8.63. The van der Waals surface area contributed by atoms with Crippen molar-refractivity contribution in [1.29, 1.82) is 0 Å². The molecule has 0 bridgehead atoms. The molecule has 0 radical (unpaired) electrons. The van der Waals surface area contributed by atoms with E-state index in [4.69, 9.17) is 16.3 Å². The summed E-state index contributed by atoms with van der Waals surface area (Å²) in [5.74, 6) is 0.203. The number of fused-ring (bicyclic) bond motifs is 1. The van der Waals surface area contributed by atoms with Crippen molar-refractivity contribution in [3.63, 3.8) is 0 Å². The van der Waals surface area contributed by atoms with Gasteiger partial charge in [-0.1, -0.05) is 31.5 Å². The van der Waals surface area contributed by atoms with Crippen LogP contribution in [0.5, 0.6) is 5.75 Å². The van der Waals surface area contributed by atoms with Crippen LogP contribution in [0.25, 0.3) is 11.6 Å². The van der Waals surface area contributed by atoms with Gasteiger partial charge in [-0.15, -0.1) is 0 Å². The van der Waals surface area contributed by atoms with Gasteiger partial charge in [-0.25, -0.2) is 8.42 Å². The molecule has 0 saturated carbocycles. The van der Waals surface area contributed by atoms with Gasteiger partial charge >= 0.3 is 7.12 Å². The van der Waals surface area contributed by atoms with E-state index < -0.39 is 28.3 Å². The van der Waals surface area contributed by atoms with Gasteiger partial charge in [-0.3, -0.25) is 4.98 Å². The first-order valence-electron chi connectivity index (χ1n) is 11.0. The van der Waals surface area contributed by atoms with Gasteiger partial charge in [0.25, 0.3) is 0 Å².